The Labute approximate surface area is 131 Å². The molecular formula is C16H11ClO5. The number of hydrogen-bond donors (Lipinski definition) is 0. The number of esters is 2. The van der Waals surface area contributed by atoms with Crippen LogP contribution in [0.2, 0.25) is 0 Å². The summed E-state index contributed by atoms with van der Waals surface area (Å²) in [6.07, 6.45) is 0. The van der Waals surface area contributed by atoms with Gasteiger partial charge in [-0.05, 0) is 41.9 Å². The molecule has 5 nitrogen and oxygen atoms in total. The summed E-state index contributed by atoms with van der Waals surface area (Å²) in [7, 11) is 0. The highest BCUT2D eigenvalue weighted by molar-refractivity contribution is 6.68. The molecular weight excluding hydrogens is 308 g/mol. The van der Waals surface area contributed by atoms with Crippen LogP contribution >= 0.6 is 11.6 Å². The average Bonchev–Trinajstić information content (AvgIpc) is 2.49. The van der Waals surface area contributed by atoms with Crippen LogP contribution in [-0.4, -0.2) is 17.2 Å². The minimum atomic E-state index is -0.825. The minimum Gasteiger partial charge on any atom is -0.426 e. The summed E-state index contributed by atoms with van der Waals surface area (Å²) in [4.78, 5) is 34.3. The number of rotatable bonds is 4. The van der Waals surface area contributed by atoms with Gasteiger partial charge < -0.3 is 9.47 Å². The molecule has 0 aliphatic heterocycles. The number of halogens is 1. The molecule has 6 heteroatoms. The maximum atomic E-state index is 11.9. The molecule has 2 rings (SSSR count). The van der Waals surface area contributed by atoms with Crippen molar-refractivity contribution in [2.75, 3.05) is 0 Å². The molecule has 0 saturated heterocycles. The summed E-state index contributed by atoms with van der Waals surface area (Å²) in [6, 6.07) is 12.4. The quantitative estimate of drug-likeness (QED) is 0.492. The highest BCUT2D eigenvalue weighted by atomic mass is 35.5. The molecule has 0 N–H and O–H groups in total. The van der Waals surface area contributed by atoms with E-state index in [1.807, 2.05) is 0 Å². The molecule has 0 aliphatic carbocycles. The van der Waals surface area contributed by atoms with Crippen LogP contribution in [-0.2, 0) is 4.79 Å². The third-order valence-corrected chi connectivity index (χ3v) is 2.84. The van der Waals surface area contributed by atoms with E-state index >= 15 is 0 Å². The van der Waals surface area contributed by atoms with Gasteiger partial charge in [0.05, 0.1) is 11.1 Å². The van der Waals surface area contributed by atoms with Gasteiger partial charge in [0, 0.05) is 6.92 Å². The van der Waals surface area contributed by atoms with Gasteiger partial charge in [-0.3, -0.25) is 9.59 Å². The molecule has 0 radical (unpaired) electrons. The smallest absolute Gasteiger partial charge is 0.343 e. The van der Waals surface area contributed by atoms with Gasteiger partial charge >= 0.3 is 11.9 Å². The third kappa shape index (κ3) is 3.93. The molecule has 0 aromatic heterocycles. The van der Waals surface area contributed by atoms with Crippen LogP contribution in [0.5, 0.6) is 11.5 Å². The Bertz CT molecular complexity index is 725. The normalized spacial score (nSPS) is 9.91. The van der Waals surface area contributed by atoms with E-state index in [9.17, 15) is 14.4 Å². The molecule has 22 heavy (non-hydrogen) atoms. The van der Waals surface area contributed by atoms with E-state index in [-0.39, 0.29) is 17.1 Å². The van der Waals surface area contributed by atoms with Crippen molar-refractivity contribution in [2.24, 2.45) is 0 Å². The molecule has 0 amide bonds. The largest absolute Gasteiger partial charge is 0.426 e. The lowest BCUT2D eigenvalue weighted by Gasteiger charge is -2.09. The molecule has 2 aromatic carbocycles. The van der Waals surface area contributed by atoms with Crippen LogP contribution in [0.1, 0.15) is 27.6 Å². The summed E-state index contributed by atoms with van der Waals surface area (Å²) < 4.78 is 10.0. The van der Waals surface area contributed by atoms with E-state index < -0.39 is 17.2 Å². The maximum Gasteiger partial charge on any atom is 0.343 e. The van der Waals surface area contributed by atoms with Crippen molar-refractivity contribution in [1.29, 1.82) is 0 Å². The Hall–Kier alpha value is -2.66. The second-order valence-electron chi connectivity index (χ2n) is 4.28. The lowest BCUT2D eigenvalue weighted by Crippen LogP contribution is -2.10. The van der Waals surface area contributed by atoms with Crippen LogP contribution in [0.3, 0.4) is 0 Å². The molecule has 0 bridgehead atoms. The lowest BCUT2D eigenvalue weighted by atomic mass is 10.2. The molecule has 0 saturated carbocycles. The van der Waals surface area contributed by atoms with Crippen molar-refractivity contribution in [3.05, 3.63) is 59.7 Å². The molecule has 112 valence electrons. The van der Waals surface area contributed by atoms with Gasteiger partial charge in [-0.15, -0.1) is 0 Å². The van der Waals surface area contributed by atoms with E-state index in [2.05, 4.69) is 0 Å². The zero-order chi connectivity index (χ0) is 16.1. The standard InChI is InChI=1S/C16H11ClO5/c1-10(18)21-14-8-7-12(9-13(14)15(17)19)22-16(20)11-5-3-2-4-6-11/h2-9H,1H3. The van der Waals surface area contributed by atoms with Crippen molar-refractivity contribution in [3.8, 4) is 11.5 Å². The fourth-order valence-electron chi connectivity index (χ4n) is 1.71. The van der Waals surface area contributed by atoms with E-state index in [0.29, 0.717) is 5.56 Å². The first-order valence-corrected chi connectivity index (χ1v) is 6.64. The fraction of sp³-hybridized carbons (Fsp3) is 0.0625. The van der Waals surface area contributed by atoms with E-state index in [0.717, 1.165) is 0 Å². The number of benzene rings is 2. The molecule has 0 atom stereocenters. The predicted molar refractivity (Wildman–Crippen MR) is 79.3 cm³/mol. The molecule has 2 aromatic rings. The number of ether oxygens (including phenoxy) is 2. The summed E-state index contributed by atoms with van der Waals surface area (Å²) in [6.45, 7) is 1.20. The number of carbonyl (C=O) groups is 3. The van der Waals surface area contributed by atoms with Crippen molar-refractivity contribution in [2.45, 2.75) is 6.92 Å². The Morgan fingerprint density at radius 3 is 2.23 bits per heavy atom. The first kappa shape index (κ1) is 15.7. The second kappa shape index (κ2) is 6.87. The van der Waals surface area contributed by atoms with Gasteiger partial charge in [0.2, 0.25) is 0 Å². The molecule has 0 fully saturated rings. The zero-order valence-corrected chi connectivity index (χ0v) is 12.3. The molecule has 0 unspecified atom stereocenters. The van der Waals surface area contributed by atoms with Gasteiger partial charge in [-0.2, -0.15) is 0 Å². The first-order valence-electron chi connectivity index (χ1n) is 6.27. The number of carbonyl (C=O) groups excluding carboxylic acids is 3. The summed E-state index contributed by atoms with van der Waals surface area (Å²) >= 11 is 5.45. The van der Waals surface area contributed by atoms with Crippen LogP contribution in [0, 0.1) is 0 Å². The summed E-state index contributed by atoms with van der Waals surface area (Å²) in [5, 5.41) is -0.825. The maximum absolute atomic E-state index is 11.9. The van der Waals surface area contributed by atoms with Gasteiger partial charge in [-0.25, -0.2) is 4.79 Å². The van der Waals surface area contributed by atoms with E-state index in [4.69, 9.17) is 21.1 Å². The molecule has 0 heterocycles. The van der Waals surface area contributed by atoms with Crippen molar-refractivity contribution < 1.29 is 23.9 Å². The Balaban J connectivity index is 2.25. The monoisotopic (exact) mass is 318 g/mol. The van der Waals surface area contributed by atoms with E-state index in [1.165, 1.54) is 25.1 Å². The SMILES string of the molecule is CC(=O)Oc1ccc(OC(=O)c2ccccc2)cc1C(=O)Cl. The van der Waals surface area contributed by atoms with Gasteiger partial charge in [0.25, 0.3) is 5.24 Å². The minimum absolute atomic E-state index is 0.00649. The average molecular weight is 319 g/mol. The van der Waals surface area contributed by atoms with Crippen LogP contribution in [0.15, 0.2) is 48.5 Å². The van der Waals surface area contributed by atoms with E-state index in [1.54, 1.807) is 30.3 Å². The van der Waals surface area contributed by atoms with Crippen LogP contribution in [0.4, 0.5) is 0 Å². The highest BCUT2D eigenvalue weighted by Gasteiger charge is 2.15. The van der Waals surface area contributed by atoms with Crippen molar-refractivity contribution in [3.63, 3.8) is 0 Å². The van der Waals surface area contributed by atoms with Gasteiger partial charge in [0.1, 0.15) is 11.5 Å². The Kier molecular flexibility index (Phi) is 4.91. The van der Waals surface area contributed by atoms with Gasteiger partial charge in [-0.1, -0.05) is 18.2 Å². The lowest BCUT2D eigenvalue weighted by molar-refractivity contribution is -0.131. The first-order chi connectivity index (χ1) is 10.5. The Morgan fingerprint density at radius 2 is 1.64 bits per heavy atom. The van der Waals surface area contributed by atoms with Crippen molar-refractivity contribution >= 4 is 28.8 Å². The fourth-order valence-corrected chi connectivity index (χ4v) is 1.86. The number of hydrogen-bond acceptors (Lipinski definition) is 5. The zero-order valence-electron chi connectivity index (χ0n) is 11.5. The van der Waals surface area contributed by atoms with Crippen molar-refractivity contribution in [1.82, 2.24) is 0 Å². The highest BCUT2D eigenvalue weighted by Crippen LogP contribution is 2.26. The molecule has 0 aliphatic rings. The predicted octanol–water partition coefficient (Wildman–Crippen LogP) is 3.21. The topological polar surface area (TPSA) is 69.7 Å². The summed E-state index contributed by atoms with van der Waals surface area (Å²) in [5.74, 6) is -1.04. The Morgan fingerprint density at radius 1 is 0.955 bits per heavy atom. The van der Waals surface area contributed by atoms with Crippen LogP contribution < -0.4 is 9.47 Å². The second-order valence-corrected chi connectivity index (χ2v) is 4.62. The molecule has 0 spiro atoms. The van der Waals surface area contributed by atoms with Gasteiger partial charge in [0.15, 0.2) is 0 Å². The summed E-state index contributed by atoms with van der Waals surface area (Å²) in [5.41, 5.74) is 0.306. The van der Waals surface area contributed by atoms with Crippen LogP contribution in [0.25, 0.3) is 0 Å². The third-order valence-electron chi connectivity index (χ3n) is 2.64.